The van der Waals surface area contributed by atoms with E-state index in [2.05, 4.69) is 0 Å². The average molecular weight is 398 g/mol. The van der Waals surface area contributed by atoms with Crippen LogP contribution < -0.4 is 0 Å². The zero-order chi connectivity index (χ0) is 19.9. The summed E-state index contributed by atoms with van der Waals surface area (Å²) in [7, 11) is 1.90. The predicted molar refractivity (Wildman–Crippen MR) is 110 cm³/mol. The molecule has 0 fully saturated rings. The second-order valence-electron chi connectivity index (χ2n) is 7.15. The van der Waals surface area contributed by atoms with Gasteiger partial charge in [-0.2, -0.15) is 13.4 Å². The van der Waals surface area contributed by atoms with E-state index in [0.29, 0.717) is 0 Å². The highest BCUT2D eigenvalue weighted by Gasteiger charge is 2.48. The number of hydrogen-bond donors (Lipinski definition) is 0. The molecule has 1 atom stereocenters. The lowest BCUT2D eigenvalue weighted by Gasteiger charge is -2.22. The highest BCUT2D eigenvalue weighted by Crippen LogP contribution is 2.47. The van der Waals surface area contributed by atoms with Gasteiger partial charge < -0.3 is 0 Å². The van der Waals surface area contributed by atoms with Crippen molar-refractivity contribution in [2.75, 3.05) is 7.05 Å². The van der Waals surface area contributed by atoms with Gasteiger partial charge in [0, 0.05) is 29.0 Å². The molecule has 0 spiro atoms. The number of thiophene rings is 1. The Morgan fingerprint density at radius 2 is 1.82 bits per heavy atom. The molecule has 0 bridgehead atoms. The molecule has 28 heavy (non-hydrogen) atoms. The predicted octanol–water partition coefficient (Wildman–Crippen LogP) is 7.07. The van der Waals surface area contributed by atoms with Crippen LogP contribution >= 0.6 is 11.3 Å². The van der Waals surface area contributed by atoms with Crippen LogP contribution in [0.1, 0.15) is 23.8 Å². The Morgan fingerprint density at radius 1 is 1.04 bits per heavy atom. The Balaban J connectivity index is 1.95. The first-order valence-electron chi connectivity index (χ1n) is 8.96. The fourth-order valence-corrected chi connectivity index (χ4v) is 4.76. The molecular formula is C23H19F3NS+. The van der Waals surface area contributed by atoms with Gasteiger partial charge in [0.05, 0.1) is 5.41 Å². The molecule has 0 aliphatic carbocycles. The van der Waals surface area contributed by atoms with Gasteiger partial charge in [-0.1, -0.05) is 30.3 Å². The molecule has 1 aliphatic heterocycles. The first-order chi connectivity index (χ1) is 13.4. The molecule has 1 aromatic heterocycles. The van der Waals surface area contributed by atoms with E-state index < -0.39 is 17.3 Å². The minimum Gasteiger partial charge on any atom is -0.206 e. The molecule has 142 valence electrons. The van der Waals surface area contributed by atoms with Crippen LogP contribution in [0.3, 0.4) is 0 Å². The van der Waals surface area contributed by atoms with E-state index in [0.717, 1.165) is 32.6 Å². The quantitative estimate of drug-likeness (QED) is 0.414. The van der Waals surface area contributed by atoms with Crippen molar-refractivity contribution in [3.05, 3.63) is 82.3 Å². The Bertz CT molecular complexity index is 1140. The van der Waals surface area contributed by atoms with Gasteiger partial charge >= 0.3 is 6.08 Å². The van der Waals surface area contributed by atoms with Gasteiger partial charge in [0.25, 0.3) is 0 Å². The van der Waals surface area contributed by atoms with Crippen molar-refractivity contribution in [3.8, 4) is 0 Å². The van der Waals surface area contributed by atoms with Crippen LogP contribution in [0.15, 0.2) is 71.9 Å². The van der Waals surface area contributed by atoms with Crippen molar-refractivity contribution in [1.29, 1.82) is 0 Å². The molecule has 1 unspecified atom stereocenters. The van der Waals surface area contributed by atoms with Gasteiger partial charge in [-0.15, -0.1) is 11.3 Å². The molecule has 0 saturated heterocycles. The van der Waals surface area contributed by atoms with E-state index in [4.69, 9.17) is 0 Å². The van der Waals surface area contributed by atoms with Crippen LogP contribution in [-0.2, 0) is 5.41 Å². The zero-order valence-corrected chi connectivity index (χ0v) is 16.4. The monoisotopic (exact) mass is 398 g/mol. The summed E-state index contributed by atoms with van der Waals surface area (Å²) in [5, 5.41) is 3.95. The third-order valence-electron chi connectivity index (χ3n) is 5.41. The molecular weight excluding hydrogens is 379 g/mol. The summed E-state index contributed by atoms with van der Waals surface area (Å²) in [5.74, 6) is -1.36. The number of hydrogen-bond acceptors (Lipinski definition) is 1. The molecule has 0 N–H and O–H groups in total. The number of allylic oxidation sites excluding steroid dienone is 2. The topological polar surface area (TPSA) is 3.01 Å². The molecule has 3 aromatic rings. The van der Waals surface area contributed by atoms with Crippen LogP contribution in [0.2, 0.25) is 0 Å². The van der Waals surface area contributed by atoms with Gasteiger partial charge in [0.1, 0.15) is 7.05 Å². The highest BCUT2D eigenvalue weighted by atomic mass is 32.1. The Morgan fingerprint density at radius 3 is 2.54 bits per heavy atom. The Hall–Kier alpha value is -2.66. The molecule has 4 rings (SSSR count). The highest BCUT2D eigenvalue weighted by molar-refractivity contribution is 7.10. The summed E-state index contributed by atoms with van der Waals surface area (Å²) in [6.07, 6.45) is 1.24. The SMILES string of the molecule is C[N+]1=C(C=Cc2cccs2)C(C)(CC(F)=C(F)F)c2c1ccc1ccccc21. The summed E-state index contributed by atoms with van der Waals surface area (Å²) in [6.45, 7) is 1.85. The summed E-state index contributed by atoms with van der Waals surface area (Å²) in [4.78, 5) is 1.05. The maximum absolute atomic E-state index is 14.2. The van der Waals surface area contributed by atoms with Crippen LogP contribution in [-0.4, -0.2) is 17.3 Å². The Kier molecular flexibility index (Phi) is 4.71. The van der Waals surface area contributed by atoms with Gasteiger partial charge in [0.2, 0.25) is 5.69 Å². The minimum absolute atomic E-state index is 0.384. The van der Waals surface area contributed by atoms with Crippen molar-refractivity contribution in [2.45, 2.75) is 18.8 Å². The van der Waals surface area contributed by atoms with Crippen molar-refractivity contribution in [2.24, 2.45) is 0 Å². The van der Waals surface area contributed by atoms with E-state index in [-0.39, 0.29) is 6.42 Å². The number of fused-ring (bicyclic) bond motifs is 3. The van der Waals surface area contributed by atoms with E-state index in [1.54, 1.807) is 11.3 Å². The summed E-state index contributed by atoms with van der Waals surface area (Å²) in [5.41, 5.74) is 1.68. The third kappa shape index (κ3) is 3.00. The summed E-state index contributed by atoms with van der Waals surface area (Å²) >= 11 is 1.59. The minimum atomic E-state index is -2.25. The number of rotatable bonds is 4. The van der Waals surface area contributed by atoms with E-state index in [1.165, 1.54) is 0 Å². The number of nitrogens with zero attached hydrogens (tertiary/aromatic N) is 1. The van der Waals surface area contributed by atoms with E-state index >= 15 is 0 Å². The fourth-order valence-electron chi connectivity index (χ4n) is 4.15. The van der Waals surface area contributed by atoms with Crippen molar-refractivity contribution < 1.29 is 17.7 Å². The van der Waals surface area contributed by atoms with Crippen molar-refractivity contribution in [1.82, 2.24) is 0 Å². The lowest BCUT2D eigenvalue weighted by molar-refractivity contribution is -0.401. The van der Waals surface area contributed by atoms with Crippen LogP contribution in [0.25, 0.3) is 16.8 Å². The first kappa shape index (κ1) is 18.7. The second-order valence-corrected chi connectivity index (χ2v) is 8.13. The molecule has 2 heterocycles. The molecule has 2 aromatic carbocycles. The second kappa shape index (κ2) is 7.06. The molecule has 5 heteroatoms. The van der Waals surface area contributed by atoms with Gasteiger partial charge in [-0.25, -0.2) is 4.39 Å². The third-order valence-corrected chi connectivity index (χ3v) is 6.25. The van der Waals surface area contributed by atoms with Gasteiger partial charge in [0.15, 0.2) is 11.5 Å². The maximum atomic E-state index is 14.2. The molecule has 0 saturated carbocycles. The smallest absolute Gasteiger partial charge is 0.206 e. The lowest BCUT2D eigenvalue weighted by Crippen LogP contribution is -2.31. The maximum Gasteiger partial charge on any atom is 0.301 e. The van der Waals surface area contributed by atoms with Crippen LogP contribution in [0.5, 0.6) is 0 Å². The number of halogens is 3. The van der Waals surface area contributed by atoms with Crippen LogP contribution in [0.4, 0.5) is 18.9 Å². The Labute approximate surface area is 165 Å². The lowest BCUT2D eigenvalue weighted by atomic mass is 9.74. The largest absolute Gasteiger partial charge is 0.301 e. The standard InChI is InChI=1S/C23H19F3NS/c1-23(14-18(24)22(25)26)20(12-10-16-7-5-13-28-16)27(2)19-11-9-15-6-3-4-8-17(15)21(19)23/h3-13H,14H2,1-2H3/q+1. The van der Waals surface area contributed by atoms with Gasteiger partial charge in [-0.3, -0.25) is 0 Å². The van der Waals surface area contributed by atoms with E-state index in [1.807, 2.05) is 84.6 Å². The zero-order valence-electron chi connectivity index (χ0n) is 15.5. The first-order valence-corrected chi connectivity index (χ1v) is 9.84. The summed E-state index contributed by atoms with van der Waals surface area (Å²) < 4.78 is 42.3. The fraction of sp³-hybridized carbons (Fsp3) is 0.174. The molecule has 0 radical (unpaired) electrons. The average Bonchev–Trinajstić information content (AvgIpc) is 3.26. The van der Waals surface area contributed by atoms with Crippen molar-refractivity contribution >= 4 is 39.6 Å². The number of benzene rings is 2. The van der Waals surface area contributed by atoms with Gasteiger partial charge in [-0.05, 0) is 41.3 Å². The normalized spacial score (nSPS) is 18.9. The van der Waals surface area contributed by atoms with Crippen molar-refractivity contribution in [3.63, 3.8) is 0 Å². The molecule has 0 amide bonds. The van der Waals surface area contributed by atoms with Crippen LogP contribution in [0, 0.1) is 0 Å². The molecule has 1 nitrogen and oxygen atoms in total. The van der Waals surface area contributed by atoms with E-state index in [9.17, 15) is 13.2 Å². The summed E-state index contributed by atoms with van der Waals surface area (Å²) in [6, 6.07) is 15.7. The molecule has 1 aliphatic rings.